The van der Waals surface area contributed by atoms with Gasteiger partial charge in [0.05, 0.1) is 5.60 Å². The van der Waals surface area contributed by atoms with Gasteiger partial charge in [-0.25, -0.2) is 9.97 Å². The van der Waals surface area contributed by atoms with Gasteiger partial charge in [-0.3, -0.25) is 0 Å². The second kappa shape index (κ2) is 6.69. The summed E-state index contributed by atoms with van der Waals surface area (Å²) in [6.45, 7) is 7.89. The molecular formula is C14H25N3O. The van der Waals surface area contributed by atoms with E-state index < -0.39 is 5.60 Å². The minimum atomic E-state index is -0.570. The molecule has 4 heteroatoms. The number of rotatable bonds is 7. The first kappa shape index (κ1) is 14.9. The topological polar surface area (TPSA) is 58.0 Å². The van der Waals surface area contributed by atoms with Crippen molar-refractivity contribution in [2.24, 2.45) is 0 Å². The van der Waals surface area contributed by atoms with Gasteiger partial charge >= 0.3 is 0 Å². The third-order valence-electron chi connectivity index (χ3n) is 2.91. The lowest BCUT2D eigenvalue weighted by molar-refractivity contribution is 0.0680. The lowest BCUT2D eigenvalue weighted by Crippen LogP contribution is -2.21. The lowest BCUT2D eigenvalue weighted by atomic mass is 10.00. The first-order chi connectivity index (χ1) is 8.40. The molecule has 2 N–H and O–H groups in total. The SMILES string of the molecule is CCc1cnc(N[C@H](C)CCCC(C)(C)O)nc1. The van der Waals surface area contributed by atoms with Crippen LogP contribution in [0.2, 0.25) is 0 Å². The Morgan fingerprint density at radius 1 is 1.33 bits per heavy atom. The Morgan fingerprint density at radius 3 is 2.44 bits per heavy atom. The van der Waals surface area contributed by atoms with Gasteiger partial charge in [0, 0.05) is 18.4 Å². The van der Waals surface area contributed by atoms with Crippen LogP contribution in [-0.2, 0) is 6.42 Å². The van der Waals surface area contributed by atoms with Gasteiger partial charge in [-0.15, -0.1) is 0 Å². The molecule has 0 aliphatic carbocycles. The number of nitrogens with zero attached hydrogens (tertiary/aromatic N) is 2. The van der Waals surface area contributed by atoms with Crippen LogP contribution >= 0.6 is 0 Å². The van der Waals surface area contributed by atoms with Crippen molar-refractivity contribution in [2.75, 3.05) is 5.32 Å². The molecule has 0 aromatic carbocycles. The van der Waals surface area contributed by atoms with Crippen LogP contribution in [0.25, 0.3) is 0 Å². The van der Waals surface area contributed by atoms with E-state index in [1.165, 1.54) is 0 Å². The Balaban J connectivity index is 2.32. The van der Waals surface area contributed by atoms with E-state index in [-0.39, 0.29) is 0 Å². The summed E-state index contributed by atoms with van der Waals surface area (Å²) in [7, 11) is 0. The number of hydrogen-bond donors (Lipinski definition) is 2. The van der Waals surface area contributed by atoms with Crippen LogP contribution in [0.5, 0.6) is 0 Å². The molecule has 0 unspecified atom stereocenters. The minimum absolute atomic E-state index is 0.319. The van der Waals surface area contributed by atoms with E-state index in [2.05, 4.69) is 29.1 Å². The third-order valence-corrected chi connectivity index (χ3v) is 2.91. The summed E-state index contributed by atoms with van der Waals surface area (Å²) in [5.74, 6) is 0.683. The van der Waals surface area contributed by atoms with Gasteiger partial charge in [0.15, 0.2) is 0 Å². The van der Waals surface area contributed by atoms with Crippen molar-refractivity contribution >= 4 is 5.95 Å². The van der Waals surface area contributed by atoms with Crippen molar-refractivity contribution in [2.45, 2.75) is 65.0 Å². The highest BCUT2D eigenvalue weighted by atomic mass is 16.3. The van der Waals surface area contributed by atoms with Crippen molar-refractivity contribution in [1.82, 2.24) is 9.97 Å². The Bertz CT molecular complexity index is 343. The zero-order valence-corrected chi connectivity index (χ0v) is 11.9. The van der Waals surface area contributed by atoms with Crippen LogP contribution in [0.15, 0.2) is 12.4 Å². The molecule has 102 valence electrons. The summed E-state index contributed by atoms with van der Waals surface area (Å²) in [5.41, 5.74) is 0.578. The largest absolute Gasteiger partial charge is 0.390 e. The summed E-state index contributed by atoms with van der Waals surface area (Å²) in [5, 5.41) is 12.9. The standard InChI is InChI=1S/C14H25N3O/c1-5-12-9-15-13(16-10-12)17-11(2)7-6-8-14(3,4)18/h9-11,18H,5-8H2,1-4H3,(H,15,16,17)/t11-/m1/s1. The van der Waals surface area contributed by atoms with E-state index in [0.29, 0.717) is 12.0 Å². The van der Waals surface area contributed by atoms with Gasteiger partial charge in [0.25, 0.3) is 0 Å². The molecule has 0 bridgehead atoms. The summed E-state index contributed by atoms with van der Waals surface area (Å²) in [6, 6.07) is 0.319. The van der Waals surface area contributed by atoms with Crippen LogP contribution < -0.4 is 5.32 Å². The molecule has 1 aromatic rings. The monoisotopic (exact) mass is 251 g/mol. The molecule has 0 aliphatic heterocycles. The van der Waals surface area contributed by atoms with Gasteiger partial charge in [-0.05, 0) is 52.0 Å². The van der Waals surface area contributed by atoms with E-state index in [1.807, 2.05) is 26.2 Å². The number of aliphatic hydroxyl groups is 1. The van der Waals surface area contributed by atoms with Crippen molar-refractivity contribution < 1.29 is 5.11 Å². The highest BCUT2D eigenvalue weighted by Crippen LogP contribution is 2.14. The molecule has 4 nitrogen and oxygen atoms in total. The van der Waals surface area contributed by atoms with Gasteiger partial charge in [-0.1, -0.05) is 6.92 Å². The predicted molar refractivity (Wildman–Crippen MR) is 74.6 cm³/mol. The molecule has 1 aromatic heterocycles. The molecule has 0 spiro atoms. The number of aromatic nitrogens is 2. The number of anilines is 1. The summed E-state index contributed by atoms with van der Waals surface area (Å²) in [4.78, 5) is 8.55. The fourth-order valence-corrected chi connectivity index (χ4v) is 1.75. The van der Waals surface area contributed by atoms with Gasteiger partial charge < -0.3 is 10.4 Å². The van der Waals surface area contributed by atoms with Crippen LogP contribution in [0.4, 0.5) is 5.95 Å². The molecule has 18 heavy (non-hydrogen) atoms. The van der Waals surface area contributed by atoms with Crippen molar-refractivity contribution in [3.63, 3.8) is 0 Å². The maximum Gasteiger partial charge on any atom is 0.222 e. The highest BCUT2D eigenvalue weighted by molar-refractivity contribution is 5.25. The Morgan fingerprint density at radius 2 is 1.94 bits per heavy atom. The van der Waals surface area contributed by atoms with Crippen LogP contribution in [0, 0.1) is 0 Å². The number of aryl methyl sites for hydroxylation is 1. The van der Waals surface area contributed by atoms with Gasteiger partial charge in [0.1, 0.15) is 0 Å². The molecule has 0 radical (unpaired) electrons. The van der Waals surface area contributed by atoms with Crippen molar-refractivity contribution in [3.05, 3.63) is 18.0 Å². The van der Waals surface area contributed by atoms with E-state index in [0.717, 1.165) is 31.2 Å². The van der Waals surface area contributed by atoms with Crippen LogP contribution in [-0.4, -0.2) is 26.7 Å². The maximum absolute atomic E-state index is 9.63. The summed E-state index contributed by atoms with van der Waals surface area (Å²) < 4.78 is 0. The fourth-order valence-electron chi connectivity index (χ4n) is 1.75. The van der Waals surface area contributed by atoms with E-state index >= 15 is 0 Å². The first-order valence-electron chi connectivity index (χ1n) is 6.70. The second-order valence-electron chi connectivity index (χ2n) is 5.52. The Hall–Kier alpha value is -1.16. The zero-order valence-electron chi connectivity index (χ0n) is 11.9. The molecule has 0 saturated heterocycles. The first-order valence-corrected chi connectivity index (χ1v) is 6.70. The van der Waals surface area contributed by atoms with Crippen molar-refractivity contribution in [3.8, 4) is 0 Å². The third kappa shape index (κ3) is 5.96. The maximum atomic E-state index is 9.63. The predicted octanol–water partition coefficient (Wildman–Crippen LogP) is 2.78. The molecule has 1 heterocycles. The molecule has 0 fully saturated rings. The quantitative estimate of drug-likeness (QED) is 0.782. The Labute approximate surface area is 110 Å². The molecular weight excluding hydrogens is 226 g/mol. The average Bonchev–Trinajstić information content (AvgIpc) is 2.28. The molecule has 0 amide bonds. The molecule has 0 saturated carbocycles. The van der Waals surface area contributed by atoms with E-state index in [9.17, 15) is 5.11 Å². The van der Waals surface area contributed by atoms with Crippen LogP contribution in [0.3, 0.4) is 0 Å². The van der Waals surface area contributed by atoms with Crippen molar-refractivity contribution in [1.29, 1.82) is 0 Å². The molecule has 1 atom stereocenters. The van der Waals surface area contributed by atoms with Crippen LogP contribution in [0.1, 0.15) is 52.5 Å². The Kier molecular flexibility index (Phi) is 5.54. The second-order valence-corrected chi connectivity index (χ2v) is 5.52. The average molecular weight is 251 g/mol. The summed E-state index contributed by atoms with van der Waals surface area (Å²) >= 11 is 0. The normalized spacial score (nSPS) is 13.4. The molecule has 0 aliphatic rings. The van der Waals surface area contributed by atoms with Gasteiger partial charge in [0.2, 0.25) is 5.95 Å². The molecule has 1 rings (SSSR count). The number of hydrogen-bond acceptors (Lipinski definition) is 4. The van der Waals surface area contributed by atoms with E-state index in [4.69, 9.17) is 0 Å². The van der Waals surface area contributed by atoms with Gasteiger partial charge in [-0.2, -0.15) is 0 Å². The highest BCUT2D eigenvalue weighted by Gasteiger charge is 2.13. The minimum Gasteiger partial charge on any atom is -0.390 e. The lowest BCUT2D eigenvalue weighted by Gasteiger charge is -2.19. The summed E-state index contributed by atoms with van der Waals surface area (Å²) in [6.07, 6.45) is 7.49. The smallest absolute Gasteiger partial charge is 0.222 e. The zero-order chi connectivity index (χ0) is 13.6. The number of nitrogens with one attached hydrogen (secondary N) is 1. The fraction of sp³-hybridized carbons (Fsp3) is 0.714. The van der Waals surface area contributed by atoms with E-state index in [1.54, 1.807) is 0 Å².